The lowest BCUT2D eigenvalue weighted by Gasteiger charge is -2.24. The van der Waals surface area contributed by atoms with E-state index >= 15 is 0 Å². The molecule has 0 radical (unpaired) electrons. The summed E-state index contributed by atoms with van der Waals surface area (Å²) in [7, 11) is 0. The van der Waals surface area contributed by atoms with Gasteiger partial charge in [-0.1, -0.05) is 0 Å². The van der Waals surface area contributed by atoms with Crippen LogP contribution in [0.15, 0.2) is 24.3 Å². The minimum absolute atomic E-state index is 0.321. The van der Waals surface area contributed by atoms with Gasteiger partial charge in [-0.15, -0.1) is 0 Å². The summed E-state index contributed by atoms with van der Waals surface area (Å²) in [5, 5.41) is 9.15. The van der Waals surface area contributed by atoms with Crippen LogP contribution in [0.2, 0.25) is 0 Å². The Morgan fingerprint density at radius 1 is 1.24 bits per heavy atom. The highest BCUT2D eigenvalue weighted by Gasteiger charge is 2.31. The second-order valence-electron chi connectivity index (χ2n) is 5.29. The second-order valence-corrected chi connectivity index (χ2v) is 5.29. The summed E-state index contributed by atoms with van der Waals surface area (Å²) < 4.78 is 16.1. The molecule has 21 heavy (non-hydrogen) atoms. The first-order valence-electron chi connectivity index (χ1n) is 7.12. The molecule has 0 saturated heterocycles. The van der Waals surface area contributed by atoms with Crippen LogP contribution in [0.25, 0.3) is 0 Å². The number of aliphatic hydroxyl groups excluding tert-OH is 1. The highest BCUT2D eigenvalue weighted by atomic mass is 16.6. The maximum Gasteiger partial charge on any atom is 0.349 e. The second kappa shape index (κ2) is 7.88. The number of ether oxygens (including phenoxy) is 3. The normalized spacial score (nSPS) is 12.6. The van der Waals surface area contributed by atoms with Gasteiger partial charge in [0.25, 0.3) is 0 Å². The highest BCUT2D eigenvalue weighted by Crippen LogP contribution is 2.23. The molecule has 0 bridgehead atoms. The van der Waals surface area contributed by atoms with Crippen LogP contribution in [0.4, 0.5) is 0 Å². The van der Waals surface area contributed by atoms with Gasteiger partial charge in [-0.3, -0.25) is 0 Å². The molecule has 0 spiro atoms. The summed E-state index contributed by atoms with van der Waals surface area (Å²) >= 11 is 0. The van der Waals surface area contributed by atoms with E-state index in [0.29, 0.717) is 31.1 Å². The summed E-state index contributed by atoms with van der Waals surface area (Å²) in [5.41, 5.74) is -1.04. The maximum atomic E-state index is 11.7. The Morgan fingerprint density at radius 3 is 2.33 bits per heavy atom. The van der Waals surface area contributed by atoms with E-state index in [-0.39, 0.29) is 6.10 Å². The Hall–Kier alpha value is -1.75. The van der Waals surface area contributed by atoms with Gasteiger partial charge >= 0.3 is 5.97 Å². The van der Waals surface area contributed by atoms with E-state index in [1.54, 1.807) is 52.0 Å². The van der Waals surface area contributed by atoms with Crippen molar-refractivity contribution < 1.29 is 24.1 Å². The first-order valence-corrected chi connectivity index (χ1v) is 7.12. The molecule has 0 aliphatic rings. The van der Waals surface area contributed by atoms with E-state index < -0.39 is 11.6 Å². The largest absolute Gasteiger partial charge is 0.493 e. The van der Waals surface area contributed by atoms with Crippen molar-refractivity contribution in [3.8, 4) is 11.5 Å². The molecule has 5 heteroatoms. The molecule has 0 amide bonds. The summed E-state index contributed by atoms with van der Waals surface area (Å²) in [6.07, 6.45) is 0.201. The van der Waals surface area contributed by atoms with E-state index in [2.05, 4.69) is 0 Å². The van der Waals surface area contributed by atoms with E-state index in [1.165, 1.54) is 0 Å². The zero-order valence-corrected chi connectivity index (χ0v) is 13.1. The van der Waals surface area contributed by atoms with Gasteiger partial charge in [0.15, 0.2) is 5.60 Å². The Kier molecular flexibility index (Phi) is 6.49. The Balaban J connectivity index is 2.56. The average Bonchev–Trinajstić information content (AvgIpc) is 2.40. The lowest BCUT2D eigenvalue weighted by molar-refractivity contribution is -0.158. The monoisotopic (exact) mass is 296 g/mol. The smallest absolute Gasteiger partial charge is 0.349 e. The number of carbonyl (C=O) groups excluding carboxylic acids is 1. The first-order chi connectivity index (χ1) is 9.85. The third kappa shape index (κ3) is 6.04. The number of carbonyl (C=O) groups is 1. The van der Waals surface area contributed by atoms with Crippen molar-refractivity contribution in [2.75, 3.05) is 13.2 Å². The highest BCUT2D eigenvalue weighted by molar-refractivity contribution is 5.79. The number of rotatable bonds is 8. The van der Waals surface area contributed by atoms with Crippen LogP contribution in [-0.4, -0.2) is 36.0 Å². The lowest BCUT2D eigenvalue weighted by Crippen LogP contribution is -2.39. The van der Waals surface area contributed by atoms with Gasteiger partial charge < -0.3 is 19.3 Å². The minimum atomic E-state index is -1.04. The molecular weight excluding hydrogens is 272 g/mol. The van der Waals surface area contributed by atoms with Gasteiger partial charge in [-0.25, -0.2) is 4.79 Å². The van der Waals surface area contributed by atoms with Crippen molar-refractivity contribution in [2.24, 2.45) is 0 Å². The molecule has 1 unspecified atom stereocenters. The van der Waals surface area contributed by atoms with E-state index in [9.17, 15) is 4.79 Å². The van der Waals surface area contributed by atoms with Gasteiger partial charge in [0.05, 0.1) is 19.3 Å². The van der Waals surface area contributed by atoms with Crippen molar-refractivity contribution in [3.05, 3.63) is 24.3 Å². The summed E-state index contributed by atoms with van der Waals surface area (Å²) in [6, 6.07) is 6.99. The summed E-state index contributed by atoms with van der Waals surface area (Å²) in [4.78, 5) is 11.7. The average molecular weight is 296 g/mol. The Labute approximate surface area is 125 Å². The number of esters is 1. The summed E-state index contributed by atoms with van der Waals surface area (Å²) in [6.45, 7) is 7.58. The molecule has 1 aromatic rings. The molecule has 0 aromatic heterocycles. The Morgan fingerprint density at radius 2 is 1.81 bits per heavy atom. The molecule has 5 nitrogen and oxygen atoms in total. The van der Waals surface area contributed by atoms with Crippen LogP contribution in [0.5, 0.6) is 11.5 Å². The Bertz CT molecular complexity index is 436. The van der Waals surface area contributed by atoms with Gasteiger partial charge in [0.2, 0.25) is 0 Å². The van der Waals surface area contributed by atoms with Crippen molar-refractivity contribution in [1.82, 2.24) is 0 Å². The van der Waals surface area contributed by atoms with Crippen LogP contribution >= 0.6 is 0 Å². The SMILES string of the molecule is CCOC(=O)C(C)(C)Oc1ccc(OCCC(C)O)cc1. The predicted molar refractivity (Wildman–Crippen MR) is 79.6 cm³/mol. The molecule has 1 N–H and O–H groups in total. The molecule has 0 fully saturated rings. The van der Waals surface area contributed by atoms with E-state index in [1.807, 2.05) is 0 Å². The number of hydrogen-bond acceptors (Lipinski definition) is 5. The minimum Gasteiger partial charge on any atom is -0.493 e. The van der Waals surface area contributed by atoms with Crippen LogP contribution in [0.1, 0.15) is 34.1 Å². The van der Waals surface area contributed by atoms with Crippen molar-refractivity contribution in [1.29, 1.82) is 0 Å². The van der Waals surface area contributed by atoms with Crippen LogP contribution in [-0.2, 0) is 9.53 Å². The van der Waals surface area contributed by atoms with Gasteiger partial charge in [0, 0.05) is 6.42 Å². The fourth-order valence-electron chi connectivity index (χ4n) is 1.59. The molecule has 1 rings (SSSR count). The van der Waals surface area contributed by atoms with Crippen LogP contribution in [0.3, 0.4) is 0 Å². The van der Waals surface area contributed by atoms with Crippen molar-refractivity contribution >= 4 is 5.97 Å². The molecular formula is C16H24O5. The third-order valence-electron chi connectivity index (χ3n) is 2.77. The van der Waals surface area contributed by atoms with Gasteiger partial charge in [0.1, 0.15) is 11.5 Å². The molecule has 0 heterocycles. The number of aliphatic hydroxyl groups is 1. The molecule has 1 atom stereocenters. The molecule has 0 aliphatic heterocycles. The molecule has 1 aromatic carbocycles. The predicted octanol–water partition coefficient (Wildman–Crippen LogP) is 2.56. The fourth-order valence-corrected chi connectivity index (χ4v) is 1.59. The van der Waals surface area contributed by atoms with Gasteiger partial charge in [-0.2, -0.15) is 0 Å². The lowest BCUT2D eigenvalue weighted by atomic mass is 10.1. The third-order valence-corrected chi connectivity index (χ3v) is 2.77. The molecule has 0 saturated carbocycles. The molecule has 118 valence electrons. The summed E-state index contributed by atoms with van der Waals surface area (Å²) in [5.74, 6) is 0.857. The van der Waals surface area contributed by atoms with Crippen LogP contribution in [0, 0.1) is 0 Å². The topological polar surface area (TPSA) is 65.0 Å². The quantitative estimate of drug-likeness (QED) is 0.747. The van der Waals surface area contributed by atoms with Crippen molar-refractivity contribution in [2.45, 2.75) is 45.8 Å². The zero-order valence-electron chi connectivity index (χ0n) is 13.1. The number of hydrogen-bond donors (Lipinski definition) is 1. The van der Waals surface area contributed by atoms with Crippen LogP contribution < -0.4 is 9.47 Å². The number of benzene rings is 1. The van der Waals surface area contributed by atoms with E-state index in [0.717, 1.165) is 0 Å². The zero-order chi connectivity index (χ0) is 15.9. The molecule has 0 aliphatic carbocycles. The standard InChI is InChI=1S/C16H24O5/c1-5-19-15(18)16(3,4)21-14-8-6-13(7-9-14)20-11-10-12(2)17/h6-9,12,17H,5,10-11H2,1-4H3. The maximum absolute atomic E-state index is 11.7. The van der Waals surface area contributed by atoms with Gasteiger partial charge in [-0.05, 0) is 52.0 Å². The fraction of sp³-hybridized carbons (Fsp3) is 0.562. The first kappa shape index (κ1) is 17.3. The van der Waals surface area contributed by atoms with E-state index in [4.69, 9.17) is 19.3 Å². The van der Waals surface area contributed by atoms with Crippen molar-refractivity contribution in [3.63, 3.8) is 0 Å².